The number of aromatic amines is 1. The van der Waals surface area contributed by atoms with Crippen LogP contribution in [0.25, 0.3) is 16.6 Å². The van der Waals surface area contributed by atoms with Crippen molar-refractivity contribution in [1.82, 2.24) is 9.97 Å². The Kier molecular flexibility index (Phi) is 3.40. The second-order valence-corrected chi connectivity index (χ2v) is 3.97. The highest BCUT2D eigenvalue weighted by molar-refractivity contribution is 5.78. The summed E-state index contributed by atoms with van der Waals surface area (Å²) in [5.41, 5.74) is 3.49. The van der Waals surface area contributed by atoms with E-state index in [2.05, 4.69) is 36.0 Å². The molecule has 0 aliphatic rings. The lowest BCUT2D eigenvalue weighted by molar-refractivity contribution is 0.952. The number of rotatable bonds is 4. The van der Waals surface area contributed by atoms with Crippen molar-refractivity contribution in [3.63, 3.8) is 0 Å². The number of hydrogen-bond acceptors (Lipinski definition) is 1. The van der Waals surface area contributed by atoms with E-state index in [0.29, 0.717) is 0 Å². The van der Waals surface area contributed by atoms with Crippen LogP contribution < -0.4 is 0 Å². The van der Waals surface area contributed by atoms with Crippen LogP contribution in [0.5, 0.6) is 0 Å². The lowest BCUT2D eigenvalue weighted by atomic mass is 10.1. The van der Waals surface area contributed by atoms with Crippen LogP contribution in [-0.4, -0.2) is 9.97 Å². The third kappa shape index (κ3) is 2.16. The fourth-order valence-electron chi connectivity index (χ4n) is 1.83. The molecule has 0 fully saturated rings. The van der Waals surface area contributed by atoms with Crippen LogP contribution in [0, 0.1) is 0 Å². The summed E-state index contributed by atoms with van der Waals surface area (Å²) in [6.45, 7) is 4.37. The van der Waals surface area contributed by atoms with Gasteiger partial charge in [0, 0.05) is 0 Å². The zero-order valence-electron chi connectivity index (χ0n) is 9.96. The van der Waals surface area contributed by atoms with Gasteiger partial charge >= 0.3 is 0 Å². The third-order valence-corrected chi connectivity index (χ3v) is 2.75. The van der Waals surface area contributed by atoms with Crippen LogP contribution in [0.3, 0.4) is 0 Å². The zero-order valence-corrected chi connectivity index (χ0v) is 9.96. The van der Waals surface area contributed by atoms with Gasteiger partial charge in [-0.15, -0.1) is 0 Å². The molecule has 2 rings (SSSR count). The number of fused-ring (bicyclic) bond motifs is 1. The van der Waals surface area contributed by atoms with E-state index < -0.39 is 0 Å². The number of para-hydroxylation sites is 2. The molecule has 2 heteroatoms. The summed E-state index contributed by atoms with van der Waals surface area (Å²) in [7, 11) is 0. The van der Waals surface area contributed by atoms with Gasteiger partial charge in [-0.25, -0.2) is 4.98 Å². The fraction of sp³-hybridized carbons (Fsp3) is 0.357. The maximum Gasteiger partial charge on any atom is 0.134 e. The molecule has 0 saturated carbocycles. The van der Waals surface area contributed by atoms with Gasteiger partial charge in [0.05, 0.1) is 11.0 Å². The average molecular weight is 214 g/mol. The number of aromatic nitrogens is 2. The minimum Gasteiger partial charge on any atom is -0.338 e. The average Bonchev–Trinajstić information content (AvgIpc) is 2.73. The third-order valence-electron chi connectivity index (χ3n) is 2.75. The lowest BCUT2D eigenvalue weighted by Crippen LogP contribution is -1.85. The van der Waals surface area contributed by atoms with Crippen LogP contribution in [0.4, 0.5) is 0 Å². The normalized spacial score (nSPS) is 12.2. The Balaban J connectivity index is 2.38. The van der Waals surface area contributed by atoms with E-state index in [1.165, 1.54) is 12.0 Å². The van der Waals surface area contributed by atoms with Gasteiger partial charge in [-0.05, 0) is 30.5 Å². The van der Waals surface area contributed by atoms with Crippen molar-refractivity contribution in [2.45, 2.75) is 33.1 Å². The highest BCUT2D eigenvalue weighted by Gasteiger charge is 2.05. The van der Waals surface area contributed by atoms with Crippen molar-refractivity contribution in [2.75, 3.05) is 0 Å². The number of nitrogens with zero attached hydrogens (tertiary/aromatic N) is 1. The number of allylic oxidation sites excluding steroid dienone is 2. The van der Waals surface area contributed by atoms with E-state index in [-0.39, 0.29) is 0 Å². The largest absolute Gasteiger partial charge is 0.338 e. The number of H-pyrrole nitrogens is 1. The number of nitrogens with one attached hydrogen (secondary N) is 1. The van der Waals surface area contributed by atoms with Gasteiger partial charge in [-0.2, -0.15) is 0 Å². The maximum absolute atomic E-state index is 4.61. The topological polar surface area (TPSA) is 28.7 Å². The molecular weight excluding hydrogens is 196 g/mol. The van der Waals surface area contributed by atoms with Crippen molar-refractivity contribution >= 4 is 16.6 Å². The monoisotopic (exact) mass is 214 g/mol. The summed E-state index contributed by atoms with van der Waals surface area (Å²) in [5.74, 6) is 1.03. The molecule has 0 spiro atoms. The van der Waals surface area contributed by atoms with Gasteiger partial charge in [0.25, 0.3) is 0 Å². The first-order chi connectivity index (χ1) is 7.85. The van der Waals surface area contributed by atoms with Crippen LogP contribution in [0.15, 0.2) is 30.3 Å². The first kappa shape index (κ1) is 10.9. The number of unbranched alkanes of at least 4 members (excludes halogenated alkanes) is 1. The Morgan fingerprint density at radius 3 is 2.81 bits per heavy atom. The molecule has 1 aromatic carbocycles. The lowest BCUT2D eigenvalue weighted by Gasteiger charge is -1.99. The predicted octanol–water partition coefficient (Wildman–Crippen LogP) is 4.16. The minimum atomic E-state index is 1.03. The van der Waals surface area contributed by atoms with E-state index in [0.717, 1.165) is 29.7 Å². The molecule has 0 aliphatic heterocycles. The summed E-state index contributed by atoms with van der Waals surface area (Å²) in [6.07, 6.45) is 5.63. The molecule has 1 N–H and O–H groups in total. The quantitative estimate of drug-likeness (QED) is 0.813. The van der Waals surface area contributed by atoms with Crippen LogP contribution in [0.2, 0.25) is 0 Å². The molecule has 0 saturated heterocycles. The predicted molar refractivity (Wildman–Crippen MR) is 69.3 cm³/mol. The Labute approximate surface area is 96.4 Å². The molecule has 84 valence electrons. The number of benzene rings is 1. The number of hydrogen-bond donors (Lipinski definition) is 1. The van der Waals surface area contributed by atoms with Crippen molar-refractivity contribution in [3.8, 4) is 0 Å². The van der Waals surface area contributed by atoms with Gasteiger partial charge in [0.15, 0.2) is 0 Å². The second kappa shape index (κ2) is 4.97. The molecule has 0 unspecified atom stereocenters. The van der Waals surface area contributed by atoms with Gasteiger partial charge in [-0.3, -0.25) is 0 Å². The maximum atomic E-state index is 4.61. The van der Waals surface area contributed by atoms with Gasteiger partial charge in [0.1, 0.15) is 5.82 Å². The van der Waals surface area contributed by atoms with Crippen molar-refractivity contribution < 1.29 is 0 Å². The van der Waals surface area contributed by atoms with Crippen molar-refractivity contribution in [3.05, 3.63) is 36.2 Å². The summed E-state index contributed by atoms with van der Waals surface area (Å²) >= 11 is 0. The van der Waals surface area contributed by atoms with Gasteiger partial charge in [0.2, 0.25) is 0 Å². The molecule has 0 bridgehead atoms. The fourth-order valence-corrected chi connectivity index (χ4v) is 1.83. The highest BCUT2D eigenvalue weighted by atomic mass is 14.9. The zero-order chi connectivity index (χ0) is 11.4. The molecule has 0 radical (unpaired) electrons. The summed E-state index contributed by atoms with van der Waals surface area (Å²) in [6, 6.07) is 8.17. The smallest absolute Gasteiger partial charge is 0.134 e. The molecule has 16 heavy (non-hydrogen) atoms. The van der Waals surface area contributed by atoms with E-state index in [4.69, 9.17) is 0 Å². The van der Waals surface area contributed by atoms with Crippen LogP contribution in [-0.2, 0) is 0 Å². The first-order valence-corrected chi connectivity index (χ1v) is 5.99. The molecule has 2 nitrogen and oxygen atoms in total. The SMILES string of the molecule is CCC/C=C(\CC)c1nc2ccccc2[nH]1. The summed E-state index contributed by atoms with van der Waals surface area (Å²) in [4.78, 5) is 7.99. The van der Waals surface area contributed by atoms with E-state index in [1.54, 1.807) is 0 Å². The van der Waals surface area contributed by atoms with E-state index >= 15 is 0 Å². The van der Waals surface area contributed by atoms with Crippen molar-refractivity contribution in [1.29, 1.82) is 0 Å². The Morgan fingerprint density at radius 2 is 2.12 bits per heavy atom. The Bertz CT molecular complexity index is 461. The van der Waals surface area contributed by atoms with E-state index in [9.17, 15) is 0 Å². The first-order valence-electron chi connectivity index (χ1n) is 5.99. The highest BCUT2D eigenvalue weighted by Crippen LogP contribution is 2.19. The molecule has 0 atom stereocenters. The Morgan fingerprint density at radius 1 is 1.31 bits per heavy atom. The molecule has 2 aromatic rings. The Hall–Kier alpha value is -1.57. The molecular formula is C14H18N2. The summed E-state index contributed by atoms with van der Waals surface area (Å²) in [5, 5.41) is 0. The molecule has 1 aromatic heterocycles. The summed E-state index contributed by atoms with van der Waals surface area (Å²) < 4.78 is 0. The standard InChI is InChI=1S/C14H18N2/c1-3-5-8-11(4-2)14-15-12-9-6-7-10-13(12)16-14/h6-10H,3-5H2,1-2H3,(H,15,16)/b11-8+. The van der Waals surface area contributed by atoms with Crippen LogP contribution >= 0.6 is 0 Å². The van der Waals surface area contributed by atoms with Gasteiger partial charge in [-0.1, -0.05) is 38.5 Å². The molecule has 0 amide bonds. The number of imidazole rings is 1. The van der Waals surface area contributed by atoms with E-state index in [1.807, 2.05) is 18.2 Å². The minimum absolute atomic E-state index is 1.03. The molecule has 0 aliphatic carbocycles. The van der Waals surface area contributed by atoms with Gasteiger partial charge < -0.3 is 4.98 Å². The van der Waals surface area contributed by atoms with Crippen molar-refractivity contribution in [2.24, 2.45) is 0 Å². The molecule has 1 heterocycles. The second-order valence-electron chi connectivity index (χ2n) is 3.97. The van der Waals surface area contributed by atoms with Crippen LogP contribution in [0.1, 0.15) is 38.9 Å².